The van der Waals surface area contributed by atoms with Crippen LogP contribution in [0.4, 0.5) is 4.79 Å². The number of carbonyl (C=O) groups excluding carboxylic acids is 2. The Labute approximate surface area is 151 Å². The number of amides is 3. The molecule has 0 bridgehead atoms. The maximum Gasteiger partial charge on any atom is 0.319 e. The molecule has 26 heavy (non-hydrogen) atoms. The summed E-state index contributed by atoms with van der Waals surface area (Å²) in [7, 11) is 3.45. The second kappa shape index (κ2) is 7.94. The zero-order chi connectivity index (χ0) is 18.5. The number of aromatic nitrogens is 4. The molecule has 138 valence electrons. The van der Waals surface area contributed by atoms with E-state index in [2.05, 4.69) is 25.9 Å². The zero-order valence-corrected chi connectivity index (χ0v) is 15.0. The van der Waals surface area contributed by atoms with Crippen molar-refractivity contribution in [1.82, 2.24) is 35.7 Å². The smallest absolute Gasteiger partial charge is 0.319 e. The number of tetrazole rings is 1. The maximum atomic E-state index is 12.5. The lowest BCUT2D eigenvalue weighted by atomic mass is 9.97. The molecule has 1 aliphatic rings. The van der Waals surface area contributed by atoms with E-state index in [1.807, 2.05) is 24.3 Å². The van der Waals surface area contributed by atoms with Crippen molar-refractivity contribution >= 4 is 11.9 Å². The normalized spacial score (nSPS) is 17.0. The molecule has 2 heterocycles. The minimum atomic E-state index is -0.173. The minimum Gasteiger partial charge on any atom is -0.352 e. The van der Waals surface area contributed by atoms with Gasteiger partial charge in [-0.25, -0.2) is 4.79 Å². The molecule has 1 fully saturated rings. The van der Waals surface area contributed by atoms with E-state index in [0.717, 1.165) is 24.0 Å². The Bertz CT molecular complexity index is 760. The number of H-pyrrole nitrogens is 1. The van der Waals surface area contributed by atoms with Crippen LogP contribution >= 0.6 is 0 Å². The number of likely N-dealkylation sites (tertiary alicyclic amines) is 1. The first-order chi connectivity index (χ1) is 12.5. The average molecular weight is 357 g/mol. The van der Waals surface area contributed by atoms with Crippen LogP contribution in [0.1, 0.15) is 18.4 Å². The van der Waals surface area contributed by atoms with Gasteiger partial charge in [0.05, 0.1) is 5.92 Å². The molecule has 0 saturated carbocycles. The Kier molecular flexibility index (Phi) is 5.45. The fourth-order valence-electron chi connectivity index (χ4n) is 3.09. The van der Waals surface area contributed by atoms with E-state index in [9.17, 15) is 9.59 Å². The molecular formula is C17H23N7O2. The lowest BCUT2D eigenvalue weighted by molar-refractivity contribution is -0.126. The molecule has 1 aromatic heterocycles. The quantitative estimate of drug-likeness (QED) is 0.844. The molecule has 2 N–H and O–H groups in total. The predicted octanol–water partition coefficient (Wildman–Crippen LogP) is 0.876. The lowest BCUT2D eigenvalue weighted by Gasteiger charge is -2.33. The number of nitrogens with zero attached hydrogens (tertiary/aromatic N) is 5. The molecular weight excluding hydrogens is 334 g/mol. The summed E-state index contributed by atoms with van der Waals surface area (Å²) >= 11 is 0. The number of carbonyl (C=O) groups is 2. The van der Waals surface area contributed by atoms with E-state index in [0.29, 0.717) is 25.5 Å². The van der Waals surface area contributed by atoms with Gasteiger partial charge >= 0.3 is 6.03 Å². The molecule has 1 aromatic carbocycles. The standard InChI is InChI=1S/C17H23N7O2/c1-23(2)17(26)24-8-4-7-14(11-24)16(25)18-10-12-5-3-6-13(9-12)15-19-21-22-20-15/h3,5-6,9,14H,4,7-8,10-11H2,1-2H3,(H,18,25)(H,19,20,21,22)/t14-/m1/s1. The number of hydrogen-bond acceptors (Lipinski definition) is 5. The molecule has 3 rings (SSSR count). The summed E-state index contributed by atoms with van der Waals surface area (Å²) in [5.41, 5.74) is 1.80. The van der Waals surface area contributed by atoms with Crippen molar-refractivity contribution in [3.63, 3.8) is 0 Å². The summed E-state index contributed by atoms with van der Waals surface area (Å²) in [6, 6.07) is 7.60. The molecule has 0 unspecified atom stereocenters. The van der Waals surface area contributed by atoms with E-state index in [1.54, 1.807) is 23.9 Å². The lowest BCUT2D eigenvalue weighted by Crippen LogP contribution is -2.48. The molecule has 2 aromatic rings. The number of hydrogen-bond donors (Lipinski definition) is 2. The number of nitrogens with one attached hydrogen (secondary N) is 2. The molecule has 3 amide bonds. The number of aromatic amines is 1. The number of benzene rings is 1. The van der Waals surface area contributed by atoms with Gasteiger partial charge in [-0.2, -0.15) is 5.21 Å². The van der Waals surface area contributed by atoms with E-state index in [4.69, 9.17) is 0 Å². The van der Waals surface area contributed by atoms with E-state index < -0.39 is 0 Å². The van der Waals surface area contributed by atoms with E-state index in [1.165, 1.54) is 0 Å². The van der Waals surface area contributed by atoms with Crippen molar-refractivity contribution in [2.75, 3.05) is 27.2 Å². The third-order valence-electron chi connectivity index (χ3n) is 4.44. The second-order valence-corrected chi connectivity index (χ2v) is 6.62. The number of urea groups is 1. The van der Waals surface area contributed by atoms with Gasteiger partial charge in [-0.3, -0.25) is 4.79 Å². The van der Waals surface area contributed by atoms with Crippen molar-refractivity contribution in [2.45, 2.75) is 19.4 Å². The fraction of sp³-hybridized carbons (Fsp3) is 0.471. The molecule has 1 aliphatic heterocycles. The Balaban J connectivity index is 1.57. The second-order valence-electron chi connectivity index (χ2n) is 6.62. The van der Waals surface area contributed by atoms with Crippen LogP contribution in [0.5, 0.6) is 0 Å². The highest BCUT2D eigenvalue weighted by Gasteiger charge is 2.28. The monoisotopic (exact) mass is 357 g/mol. The summed E-state index contributed by atoms with van der Waals surface area (Å²) in [4.78, 5) is 27.9. The summed E-state index contributed by atoms with van der Waals surface area (Å²) in [5.74, 6) is 0.322. The highest BCUT2D eigenvalue weighted by molar-refractivity contribution is 5.80. The first kappa shape index (κ1) is 17.8. The molecule has 9 heteroatoms. The topological polar surface area (TPSA) is 107 Å². The van der Waals surface area contributed by atoms with Gasteiger partial charge in [-0.15, -0.1) is 10.2 Å². The number of piperidine rings is 1. The average Bonchev–Trinajstić information content (AvgIpc) is 3.20. The largest absolute Gasteiger partial charge is 0.352 e. The van der Waals surface area contributed by atoms with Gasteiger partial charge in [0, 0.05) is 39.3 Å². The summed E-state index contributed by atoms with van der Waals surface area (Å²) in [5, 5.41) is 16.9. The van der Waals surface area contributed by atoms with Crippen molar-refractivity contribution in [3.05, 3.63) is 29.8 Å². The first-order valence-corrected chi connectivity index (χ1v) is 8.61. The van der Waals surface area contributed by atoms with Crippen LogP contribution in [0.2, 0.25) is 0 Å². The van der Waals surface area contributed by atoms with Gasteiger partial charge in [0.2, 0.25) is 11.7 Å². The van der Waals surface area contributed by atoms with Gasteiger partial charge in [0.1, 0.15) is 0 Å². The van der Waals surface area contributed by atoms with Gasteiger partial charge in [-0.05, 0) is 29.7 Å². The van der Waals surface area contributed by atoms with Gasteiger partial charge in [0.15, 0.2) is 0 Å². The summed E-state index contributed by atoms with van der Waals surface area (Å²) in [6.45, 7) is 1.59. The van der Waals surface area contributed by atoms with Crippen LogP contribution in [0, 0.1) is 5.92 Å². The van der Waals surface area contributed by atoms with Crippen LogP contribution in [-0.4, -0.2) is 69.5 Å². The highest BCUT2D eigenvalue weighted by atomic mass is 16.2. The van der Waals surface area contributed by atoms with Crippen molar-refractivity contribution < 1.29 is 9.59 Å². The van der Waals surface area contributed by atoms with Crippen molar-refractivity contribution in [3.8, 4) is 11.4 Å². The molecule has 0 aliphatic carbocycles. The Morgan fingerprint density at radius 1 is 1.38 bits per heavy atom. The minimum absolute atomic E-state index is 0.0220. The fourth-order valence-corrected chi connectivity index (χ4v) is 3.09. The van der Waals surface area contributed by atoms with E-state index >= 15 is 0 Å². The number of rotatable bonds is 4. The van der Waals surface area contributed by atoms with Gasteiger partial charge < -0.3 is 15.1 Å². The Morgan fingerprint density at radius 2 is 2.23 bits per heavy atom. The van der Waals surface area contributed by atoms with Crippen LogP contribution < -0.4 is 5.32 Å². The van der Waals surface area contributed by atoms with Gasteiger partial charge in [-0.1, -0.05) is 18.2 Å². The Hall–Kier alpha value is -2.97. The third-order valence-corrected chi connectivity index (χ3v) is 4.44. The maximum absolute atomic E-state index is 12.5. The van der Waals surface area contributed by atoms with Crippen LogP contribution in [0.3, 0.4) is 0 Å². The molecule has 9 nitrogen and oxygen atoms in total. The molecule has 1 saturated heterocycles. The Morgan fingerprint density at radius 3 is 2.96 bits per heavy atom. The predicted molar refractivity (Wildman–Crippen MR) is 94.8 cm³/mol. The first-order valence-electron chi connectivity index (χ1n) is 8.61. The summed E-state index contributed by atoms with van der Waals surface area (Å²) < 4.78 is 0. The van der Waals surface area contributed by atoms with Crippen molar-refractivity contribution in [1.29, 1.82) is 0 Å². The van der Waals surface area contributed by atoms with Crippen LogP contribution in [-0.2, 0) is 11.3 Å². The highest BCUT2D eigenvalue weighted by Crippen LogP contribution is 2.18. The van der Waals surface area contributed by atoms with E-state index in [-0.39, 0.29) is 17.9 Å². The van der Waals surface area contributed by atoms with Crippen molar-refractivity contribution in [2.24, 2.45) is 5.92 Å². The van der Waals surface area contributed by atoms with Gasteiger partial charge in [0.25, 0.3) is 0 Å². The third kappa shape index (κ3) is 4.16. The molecule has 0 spiro atoms. The molecule has 1 atom stereocenters. The zero-order valence-electron chi connectivity index (χ0n) is 15.0. The van der Waals surface area contributed by atoms with Crippen LogP contribution in [0.25, 0.3) is 11.4 Å². The SMILES string of the molecule is CN(C)C(=O)N1CCC[C@@H](C(=O)NCc2cccc(-c3nn[nH]n3)c2)C1. The van der Waals surface area contributed by atoms with Crippen LogP contribution in [0.15, 0.2) is 24.3 Å². The molecule has 0 radical (unpaired) electrons. The summed E-state index contributed by atoms with van der Waals surface area (Å²) in [6.07, 6.45) is 1.64.